The van der Waals surface area contributed by atoms with Crippen molar-refractivity contribution < 1.29 is 4.79 Å². The molecule has 3 aromatic rings. The van der Waals surface area contributed by atoms with E-state index in [1.165, 1.54) is 4.57 Å². The van der Waals surface area contributed by atoms with Crippen LogP contribution in [0.5, 0.6) is 0 Å². The van der Waals surface area contributed by atoms with E-state index in [-0.39, 0.29) is 11.9 Å². The Balaban J connectivity index is 1.87. The molecule has 0 fully saturated rings. The number of carbonyl (C=O) groups excluding carboxylic acids is 1. The van der Waals surface area contributed by atoms with Crippen LogP contribution in [-0.2, 0) is 6.54 Å². The second kappa shape index (κ2) is 7.04. The standard InChI is InChI=1S/C18H19N5O/c1-14(2)19-17-10-6-7-11-23(17)18(24)16-13-22(21-20-16)12-15-8-4-3-5-9-15/h3-11,13-14H,12H2,1-2H3. The van der Waals surface area contributed by atoms with Crippen LogP contribution in [0.3, 0.4) is 0 Å². The fraction of sp³-hybridized carbons (Fsp3) is 0.222. The van der Waals surface area contributed by atoms with Crippen LogP contribution in [0.4, 0.5) is 0 Å². The highest BCUT2D eigenvalue weighted by Gasteiger charge is 2.13. The van der Waals surface area contributed by atoms with E-state index in [1.54, 1.807) is 23.1 Å². The molecule has 6 nitrogen and oxygen atoms in total. The minimum absolute atomic E-state index is 0.0974. The van der Waals surface area contributed by atoms with Crippen molar-refractivity contribution in [1.29, 1.82) is 0 Å². The maximum atomic E-state index is 12.7. The lowest BCUT2D eigenvalue weighted by Gasteiger charge is -2.04. The van der Waals surface area contributed by atoms with Crippen LogP contribution in [-0.4, -0.2) is 31.5 Å². The second-order valence-corrected chi connectivity index (χ2v) is 5.74. The van der Waals surface area contributed by atoms with E-state index in [0.717, 1.165) is 5.56 Å². The molecule has 6 heteroatoms. The molecule has 0 aliphatic rings. The van der Waals surface area contributed by atoms with Crippen LogP contribution in [0.1, 0.15) is 29.9 Å². The molecular formula is C18H19N5O. The predicted octanol–water partition coefficient (Wildman–Crippen LogP) is 2.13. The van der Waals surface area contributed by atoms with E-state index in [4.69, 9.17) is 0 Å². The summed E-state index contributed by atoms with van der Waals surface area (Å²) < 4.78 is 3.15. The highest BCUT2D eigenvalue weighted by Crippen LogP contribution is 2.03. The smallest absolute Gasteiger partial charge is 0.266 e. The Hall–Kier alpha value is -3.02. The summed E-state index contributed by atoms with van der Waals surface area (Å²) in [5.41, 5.74) is 2.00. The lowest BCUT2D eigenvalue weighted by molar-refractivity contribution is 0.0949. The van der Waals surface area contributed by atoms with Crippen LogP contribution in [0.15, 0.2) is 65.9 Å². The number of hydrogen-bond donors (Lipinski definition) is 0. The molecule has 0 spiro atoms. The molecule has 24 heavy (non-hydrogen) atoms. The van der Waals surface area contributed by atoms with E-state index in [9.17, 15) is 4.79 Å². The Bertz CT molecular complexity index is 893. The maximum Gasteiger partial charge on any atom is 0.285 e. The van der Waals surface area contributed by atoms with Crippen molar-refractivity contribution >= 4 is 5.91 Å². The monoisotopic (exact) mass is 321 g/mol. The quantitative estimate of drug-likeness (QED) is 0.739. The molecule has 0 bridgehead atoms. The van der Waals surface area contributed by atoms with Gasteiger partial charge in [-0.25, -0.2) is 4.68 Å². The summed E-state index contributed by atoms with van der Waals surface area (Å²) in [6, 6.07) is 15.5. The molecule has 0 aliphatic carbocycles. The van der Waals surface area contributed by atoms with Gasteiger partial charge in [-0.05, 0) is 31.5 Å². The number of nitrogens with zero attached hydrogens (tertiary/aromatic N) is 5. The number of pyridine rings is 1. The van der Waals surface area contributed by atoms with E-state index < -0.39 is 0 Å². The van der Waals surface area contributed by atoms with Crippen LogP contribution in [0.25, 0.3) is 0 Å². The third kappa shape index (κ3) is 3.65. The normalized spacial score (nSPS) is 11.9. The summed E-state index contributed by atoms with van der Waals surface area (Å²) in [6.07, 6.45) is 3.36. The Morgan fingerprint density at radius 3 is 2.62 bits per heavy atom. The topological polar surface area (TPSA) is 65.1 Å². The predicted molar refractivity (Wildman–Crippen MR) is 90.4 cm³/mol. The van der Waals surface area contributed by atoms with Gasteiger partial charge in [0.1, 0.15) is 5.49 Å². The van der Waals surface area contributed by atoms with E-state index in [1.807, 2.05) is 56.3 Å². The van der Waals surface area contributed by atoms with Crippen LogP contribution < -0.4 is 5.49 Å². The van der Waals surface area contributed by atoms with Gasteiger partial charge in [-0.2, -0.15) is 0 Å². The first-order chi connectivity index (χ1) is 11.6. The number of hydrogen-bond acceptors (Lipinski definition) is 4. The van der Waals surface area contributed by atoms with Gasteiger partial charge in [-0.3, -0.25) is 14.4 Å². The highest BCUT2D eigenvalue weighted by molar-refractivity contribution is 5.93. The molecule has 0 saturated carbocycles. The Kier molecular flexibility index (Phi) is 4.65. The van der Waals surface area contributed by atoms with Gasteiger partial charge >= 0.3 is 0 Å². The van der Waals surface area contributed by atoms with Gasteiger partial charge in [0.2, 0.25) is 0 Å². The van der Waals surface area contributed by atoms with Gasteiger partial charge in [0.05, 0.1) is 12.7 Å². The molecule has 0 N–H and O–H groups in total. The second-order valence-electron chi connectivity index (χ2n) is 5.74. The van der Waals surface area contributed by atoms with Crippen LogP contribution >= 0.6 is 0 Å². The minimum atomic E-state index is -0.241. The Morgan fingerprint density at radius 2 is 1.88 bits per heavy atom. The van der Waals surface area contributed by atoms with Gasteiger partial charge in [-0.1, -0.05) is 41.6 Å². The van der Waals surface area contributed by atoms with Crippen molar-refractivity contribution in [1.82, 2.24) is 19.6 Å². The molecule has 0 saturated heterocycles. The number of carbonyl (C=O) groups is 1. The molecule has 2 aromatic heterocycles. The molecule has 2 heterocycles. The van der Waals surface area contributed by atoms with E-state index in [0.29, 0.717) is 17.7 Å². The lowest BCUT2D eigenvalue weighted by Crippen LogP contribution is -2.28. The zero-order valence-electron chi connectivity index (χ0n) is 13.7. The Morgan fingerprint density at radius 1 is 1.12 bits per heavy atom. The molecule has 122 valence electrons. The van der Waals surface area contributed by atoms with Crippen LogP contribution in [0.2, 0.25) is 0 Å². The maximum absolute atomic E-state index is 12.7. The highest BCUT2D eigenvalue weighted by atomic mass is 16.2. The first-order valence-corrected chi connectivity index (χ1v) is 7.84. The summed E-state index contributed by atoms with van der Waals surface area (Å²) in [6.45, 7) is 4.51. The first-order valence-electron chi connectivity index (χ1n) is 7.84. The fourth-order valence-electron chi connectivity index (χ4n) is 2.34. The molecule has 0 unspecified atom stereocenters. The van der Waals surface area contributed by atoms with Crippen LogP contribution in [0, 0.1) is 0 Å². The molecular weight excluding hydrogens is 302 g/mol. The SMILES string of the molecule is CC(C)N=c1ccccn1C(=O)c1cn(Cc2ccccc2)nn1. The lowest BCUT2D eigenvalue weighted by atomic mass is 10.2. The van der Waals surface area contributed by atoms with Gasteiger partial charge < -0.3 is 0 Å². The number of rotatable bonds is 4. The average molecular weight is 321 g/mol. The largest absolute Gasteiger partial charge is 0.285 e. The van der Waals surface area contributed by atoms with E-state index in [2.05, 4.69) is 15.3 Å². The molecule has 3 rings (SSSR count). The number of aromatic nitrogens is 4. The van der Waals surface area contributed by atoms with Crippen molar-refractivity contribution in [2.45, 2.75) is 26.4 Å². The van der Waals surface area contributed by atoms with E-state index >= 15 is 0 Å². The van der Waals surface area contributed by atoms with Gasteiger partial charge in [0.15, 0.2) is 5.69 Å². The van der Waals surface area contributed by atoms with Crippen molar-refractivity contribution in [2.24, 2.45) is 4.99 Å². The third-order valence-electron chi connectivity index (χ3n) is 3.39. The Labute approximate surface area is 140 Å². The fourth-order valence-corrected chi connectivity index (χ4v) is 2.34. The molecule has 0 amide bonds. The average Bonchev–Trinajstić information content (AvgIpc) is 3.03. The molecule has 0 radical (unpaired) electrons. The van der Waals surface area contributed by atoms with Crippen molar-refractivity contribution in [2.75, 3.05) is 0 Å². The van der Waals surface area contributed by atoms with Gasteiger partial charge in [0, 0.05) is 12.2 Å². The summed E-state index contributed by atoms with van der Waals surface area (Å²) in [4.78, 5) is 17.2. The third-order valence-corrected chi connectivity index (χ3v) is 3.39. The minimum Gasteiger partial charge on any atom is -0.266 e. The van der Waals surface area contributed by atoms with Crippen molar-refractivity contribution in [3.8, 4) is 0 Å². The van der Waals surface area contributed by atoms with Gasteiger partial charge in [0.25, 0.3) is 5.91 Å². The first kappa shape index (κ1) is 15.9. The van der Waals surface area contributed by atoms with Gasteiger partial charge in [-0.15, -0.1) is 5.10 Å². The number of benzene rings is 1. The van der Waals surface area contributed by atoms with Crippen molar-refractivity contribution in [3.05, 3.63) is 77.7 Å². The summed E-state index contributed by atoms with van der Waals surface area (Å²) in [5, 5.41) is 8.06. The molecule has 0 aliphatic heterocycles. The van der Waals surface area contributed by atoms with Crippen molar-refractivity contribution in [3.63, 3.8) is 0 Å². The zero-order chi connectivity index (χ0) is 16.9. The summed E-state index contributed by atoms with van der Waals surface area (Å²) >= 11 is 0. The summed E-state index contributed by atoms with van der Waals surface area (Å²) in [5.74, 6) is -0.241. The molecule has 0 atom stereocenters. The zero-order valence-corrected chi connectivity index (χ0v) is 13.7. The molecule has 1 aromatic carbocycles. The summed E-state index contributed by atoms with van der Waals surface area (Å²) in [7, 11) is 0.